The van der Waals surface area contributed by atoms with E-state index >= 15 is 0 Å². The zero-order valence-electron chi connectivity index (χ0n) is 23.7. The van der Waals surface area contributed by atoms with Gasteiger partial charge in [0.2, 0.25) is 0 Å². The van der Waals surface area contributed by atoms with Gasteiger partial charge in [0.1, 0.15) is 5.76 Å². The molecule has 0 heterocycles. The molecule has 3 aliphatic rings. The largest absolute Gasteiger partial charge is 0.507 e. The summed E-state index contributed by atoms with van der Waals surface area (Å²) in [6.45, 7) is 8.69. The van der Waals surface area contributed by atoms with E-state index in [0.29, 0.717) is 27.8 Å². The highest BCUT2D eigenvalue weighted by atomic mass is 16.3. The van der Waals surface area contributed by atoms with Crippen LogP contribution in [0.2, 0.25) is 0 Å². The molecule has 1 N–H and O–H groups in total. The van der Waals surface area contributed by atoms with Crippen LogP contribution in [0.25, 0.3) is 32.9 Å². The second-order valence-electron chi connectivity index (χ2n) is 12.3. The first-order chi connectivity index (χ1) is 20.2. The van der Waals surface area contributed by atoms with Crippen LogP contribution in [0.4, 0.5) is 0 Å². The van der Waals surface area contributed by atoms with Crippen LogP contribution >= 0.6 is 0 Å². The zero-order chi connectivity index (χ0) is 29.2. The molecular weight excluding hydrogens is 516 g/mol. The van der Waals surface area contributed by atoms with E-state index in [2.05, 4.69) is 38.6 Å². The maximum Gasteiger partial charge on any atom is 0.197 e. The number of rotatable bonds is 3. The molecule has 42 heavy (non-hydrogen) atoms. The molecule has 204 valence electrons. The van der Waals surface area contributed by atoms with Crippen molar-refractivity contribution >= 4 is 44.4 Å². The predicted octanol–water partition coefficient (Wildman–Crippen LogP) is 9.52. The first kappa shape index (κ1) is 25.9. The van der Waals surface area contributed by atoms with Gasteiger partial charge in [-0.05, 0) is 92.4 Å². The van der Waals surface area contributed by atoms with Crippen molar-refractivity contribution in [3.05, 3.63) is 154 Å². The van der Waals surface area contributed by atoms with Gasteiger partial charge in [0, 0.05) is 22.3 Å². The highest BCUT2D eigenvalue weighted by molar-refractivity contribution is 6.27. The molecule has 3 nitrogen and oxygen atoms in total. The van der Waals surface area contributed by atoms with Gasteiger partial charge in [0.05, 0.1) is 5.57 Å². The number of fused-ring (bicyclic) bond motifs is 4. The van der Waals surface area contributed by atoms with Gasteiger partial charge in [-0.15, -0.1) is 0 Å². The van der Waals surface area contributed by atoms with Gasteiger partial charge in [0.15, 0.2) is 11.6 Å². The van der Waals surface area contributed by atoms with Crippen LogP contribution in [0, 0.1) is 5.41 Å². The lowest BCUT2D eigenvalue weighted by molar-refractivity contribution is 0.103. The molecule has 0 radical (unpaired) electrons. The fourth-order valence-corrected chi connectivity index (χ4v) is 6.56. The lowest BCUT2D eigenvalue weighted by atomic mass is 9.75. The Labute approximate surface area is 245 Å². The molecule has 3 aliphatic carbocycles. The minimum atomic E-state index is -0.161. The second kappa shape index (κ2) is 9.53. The molecule has 4 aromatic carbocycles. The smallest absolute Gasteiger partial charge is 0.197 e. The summed E-state index contributed by atoms with van der Waals surface area (Å²) in [6.07, 6.45) is 11.4. The van der Waals surface area contributed by atoms with E-state index in [9.17, 15) is 14.7 Å². The first-order valence-corrected chi connectivity index (χ1v) is 14.3. The summed E-state index contributed by atoms with van der Waals surface area (Å²) in [5.41, 5.74) is 6.57. The van der Waals surface area contributed by atoms with Crippen molar-refractivity contribution in [3.63, 3.8) is 0 Å². The van der Waals surface area contributed by atoms with Gasteiger partial charge in [0.25, 0.3) is 0 Å². The topological polar surface area (TPSA) is 54.4 Å². The van der Waals surface area contributed by atoms with E-state index in [-0.39, 0.29) is 22.7 Å². The minimum absolute atomic E-state index is 0.00570. The van der Waals surface area contributed by atoms with E-state index in [4.69, 9.17) is 0 Å². The summed E-state index contributed by atoms with van der Waals surface area (Å²) in [4.78, 5) is 26.6. The van der Waals surface area contributed by atoms with Crippen LogP contribution in [-0.4, -0.2) is 16.7 Å². The van der Waals surface area contributed by atoms with Crippen molar-refractivity contribution in [1.29, 1.82) is 0 Å². The summed E-state index contributed by atoms with van der Waals surface area (Å²) in [5, 5.41) is 15.1. The van der Waals surface area contributed by atoms with Gasteiger partial charge < -0.3 is 5.11 Å². The Kier molecular flexibility index (Phi) is 5.88. The molecule has 0 spiro atoms. The van der Waals surface area contributed by atoms with E-state index in [0.717, 1.165) is 56.7 Å². The lowest BCUT2D eigenvalue weighted by Crippen LogP contribution is -2.16. The minimum Gasteiger partial charge on any atom is -0.507 e. The highest BCUT2D eigenvalue weighted by Crippen LogP contribution is 2.41. The fourth-order valence-electron chi connectivity index (χ4n) is 6.56. The SMILES string of the molecule is C=C1/C(=C/C=C2C=C(/C=C/C3=C(O)c4cc5ccccc5cc4C3=O)CC(C)(C)C/2)C(=O)c2cc3ccccc3cc21. The fraction of sp³-hybridized carbons (Fsp3) is 0.128. The Morgan fingerprint density at radius 1 is 0.714 bits per heavy atom. The molecule has 3 heteroatoms. The zero-order valence-corrected chi connectivity index (χ0v) is 23.7. The number of aliphatic hydroxyl groups is 1. The summed E-state index contributed by atoms with van der Waals surface area (Å²) in [7, 11) is 0. The van der Waals surface area contributed by atoms with E-state index in [1.807, 2.05) is 78.9 Å². The normalized spacial score (nSPS) is 20.0. The van der Waals surface area contributed by atoms with Crippen LogP contribution in [0.15, 0.2) is 132 Å². The molecule has 0 fully saturated rings. The number of benzene rings is 4. The number of ketones is 2. The van der Waals surface area contributed by atoms with Crippen LogP contribution in [0.1, 0.15) is 58.5 Å². The second-order valence-corrected chi connectivity index (χ2v) is 12.3. The molecule has 0 atom stereocenters. The summed E-state index contributed by atoms with van der Waals surface area (Å²) in [6, 6.07) is 23.7. The van der Waals surface area contributed by atoms with Crippen LogP contribution < -0.4 is 0 Å². The number of hydrogen-bond donors (Lipinski definition) is 1. The third-order valence-electron chi connectivity index (χ3n) is 8.58. The molecule has 0 amide bonds. The molecule has 0 aliphatic heterocycles. The Hall–Kier alpha value is -5.02. The summed E-state index contributed by atoms with van der Waals surface area (Å²) >= 11 is 0. The van der Waals surface area contributed by atoms with Gasteiger partial charge in [-0.25, -0.2) is 0 Å². The number of aliphatic hydroxyl groups excluding tert-OH is 1. The Balaban J connectivity index is 1.19. The van der Waals surface area contributed by atoms with Crippen LogP contribution in [-0.2, 0) is 0 Å². The van der Waals surface area contributed by atoms with Gasteiger partial charge in [-0.2, -0.15) is 0 Å². The number of carbonyl (C=O) groups is 2. The van der Waals surface area contributed by atoms with Crippen molar-refractivity contribution in [2.75, 3.05) is 0 Å². The van der Waals surface area contributed by atoms with Crippen molar-refractivity contribution in [1.82, 2.24) is 0 Å². The molecule has 0 bridgehead atoms. The average Bonchev–Trinajstić information content (AvgIpc) is 3.34. The number of carbonyl (C=O) groups excluding carboxylic acids is 2. The van der Waals surface area contributed by atoms with Crippen LogP contribution in [0.3, 0.4) is 0 Å². The van der Waals surface area contributed by atoms with E-state index < -0.39 is 0 Å². The summed E-state index contributed by atoms with van der Waals surface area (Å²) < 4.78 is 0. The molecule has 4 aromatic rings. The van der Waals surface area contributed by atoms with Crippen LogP contribution in [0.5, 0.6) is 0 Å². The van der Waals surface area contributed by atoms with E-state index in [1.165, 1.54) is 0 Å². The predicted molar refractivity (Wildman–Crippen MR) is 172 cm³/mol. The summed E-state index contributed by atoms with van der Waals surface area (Å²) in [5.74, 6) is -0.129. The van der Waals surface area contributed by atoms with Gasteiger partial charge >= 0.3 is 0 Å². The molecular formula is C39H30O3. The van der Waals surface area contributed by atoms with E-state index in [1.54, 1.807) is 6.08 Å². The monoisotopic (exact) mass is 546 g/mol. The maximum atomic E-state index is 13.4. The van der Waals surface area contributed by atoms with Crippen molar-refractivity contribution in [3.8, 4) is 0 Å². The Bertz CT molecular complexity index is 2000. The lowest BCUT2D eigenvalue weighted by Gasteiger charge is -2.30. The highest BCUT2D eigenvalue weighted by Gasteiger charge is 2.31. The van der Waals surface area contributed by atoms with Crippen molar-refractivity contribution < 1.29 is 14.7 Å². The number of hydrogen-bond acceptors (Lipinski definition) is 3. The average molecular weight is 547 g/mol. The Morgan fingerprint density at radius 2 is 1.26 bits per heavy atom. The molecule has 7 rings (SSSR count). The van der Waals surface area contributed by atoms with Crippen molar-refractivity contribution in [2.24, 2.45) is 5.41 Å². The third-order valence-corrected chi connectivity index (χ3v) is 8.58. The number of allylic oxidation sites excluding steroid dienone is 10. The first-order valence-electron chi connectivity index (χ1n) is 14.3. The third kappa shape index (κ3) is 4.29. The molecule has 0 saturated heterocycles. The van der Waals surface area contributed by atoms with Gasteiger partial charge in [-0.1, -0.05) is 93.3 Å². The maximum absolute atomic E-state index is 13.4. The molecule has 0 saturated carbocycles. The quantitative estimate of drug-likeness (QED) is 0.260. The standard InChI is InChI=1S/C39H30O3/c1-23-30(36(40)33-18-27-9-5-4-8-26(27)17-32(23)33)14-12-24-16-25(22-39(2,3)21-24)13-15-31-37(41)34-19-28-10-6-7-11-29(28)20-35(34)38(31)42/h4-20,41H,1,21-22H2,2-3H3/b15-13+,24-12-,30-14-. The number of Topliss-reactive ketones (excluding diaryl/α,β-unsaturated/α-hetero) is 2. The van der Waals surface area contributed by atoms with Gasteiger partial charge in [-0.3, -0.25) is 9.59 Å². The Morgan fingerprint density at radius 3 is 1.88 bits per heavy atom. The van der Waals surface area contributed by atoms with Crippen molar-refractivity contribution in [2.45, 2.75) is 26.7 Å². The molecule has 0 aromatic heterocycles. The molecule has 0 unspecified atom stereocenters.